The summed E-state index contributed by atoms with van der Waals surface area (Å²) in [6.45, 7) is 4.13. The Morgan fingerprint density at radius 1 is 1.18 bits per heavy atom. The first kappa shape index (κ1) is 14.4. The summed E-state index contributed by atoms with van der Waals surface area (Å²) in [5.41, 5.74) is 1.53. The highest BCUT2D eigenvalue weighted by Crippen LogP contribution is 2.34. The van der Waals surface area contributed by atoms with Crippen molar-refractivity contribution >= 4 is 21.6 Å². The highest BCUT2D eigenvalue weighted by Gasteiger charge is 2.25. The zero-order valence-corrected chi connectivity index (χ0v) is 14.2. The second kappa shape index (κ2) is 5.46. The zero-order chi connectivity index (χ0) is 15.3. The van der Waals surface area contributed by atoms with E-state index < -0.39 is 0 Å². The van der Waals surface area contributed by atoms with Gasteiger partial charge in [0.05, 0.1) is 5.39 Å². The van der Waals surface area contributed by atoms with Gasteiger partial charge in [0.2, 0.25) is 0 Å². The lowest BCUT2D eigenvalue weighted by Crippen LogP contribution is -2.36. The van der Waals surface area contributed by atoms with Gasteiger partial charge in [-0.3, -0.25) is 9.36 Å². The highest BCUT2D eigenvalue weighted by atomic mass is 32.1. The summed E-state index contributed by atoms with van der Waals surface area (Å²) in [5, 5.41) is 0.934. The molecular formula is C17H23N3OS. The molecule has 0 bridgehead atoms. The number of aryl methyl sites for hydroxylation is 3. The lowest BCUT2D eigenvalue weighted by molar-refractivity contribution is 0.216. The van der Waals surface area contributed by atoms with E-state index in [0.29, 0.717) is 6.04 Å². The van der Waals surface area contributed by atoms with Crippen molar-refractivity contribution in [2.24, 2.45) is 0 Å². The van der Waals surface area contributed by atoms with Crippen LogP contribution in [0.1, 0.15) is 48.0 Å². The van der Waals surface area contributed by atoms with E-state index in [1.807, 2.05) is 11.5 Å². The Morgan fingerprint density at radius 3 is 2.68 bits per heavy atom. The van der Waals surface area contributed by atoms with E-state index >= 15 is 0 Å². The third-order valence-electron chi connectivity index (χ3n) is 5.25. The largest absolute Gasteiger partial charge is 0.306 e. The number of hydrogen-bond donors (Lipinski definition) is 0. The highest BCUT2D eigenvalue weighted by molar-refractivity contribution is 7.18. The van der Waals surface area contributed by atoms with Crippen molar-refractivity contribution in [3.8, 4) is 0 Å². The second-order valence-corrected chi connectivity index (χ2v) is 7.84. The Hall–Kier alpha value is -1.20. The van der Waals surface area contributed by atoms with E-state index in [1.54, 1.807) is 11.3 Å². The smallest absolute Gasteiger partial charge is 0.262 e. The van der Waals surface area contributed by atoms with Gasteiger partial charge < -0.3 is 4.90 Å². The van der Waals surface area contributed by atoms with Crippen LogP contribution in [0.4, 0.5) is 0 Å². The summed E-state index contributed by atoms with van der Waals surface area (Å²) in [6.07, 6.45) is 6.75. The zero-order valence-electron chi connectivity index (χ0n) is 13.4. The van der Waals surface area contributed by atoms with Crippen LogP contribution in [0.3, 0.4) is 0 Å². The van der Waals surface area contributed by atoms with Gasteiger partial charge in [-0.05, 0) is 71.1 Å². The SMILES string of the molecule is Cc1nc2sc3c(c2c(=O)n1C1CCN(C)CC1)CCCC3. The maximum atomic E-state index is 13.2. The van der Waals surface area contributed by atoms with Crippen molar-refractivity contribution in [3.05, 3.63) is 26.6 Å². The minimum atomic E-state index is 0.219. The number of thiophene rings is 1. The molecule has 1 aliphatic carbocycles. The van der Waals surface area contributed by atoms with Crippen molar-refractivity contribution in [3.63, 3.8) is 0 Å². The molecule has 0 spiro atoms. The van der Waals surface area contributed by atoms with E-state index in [4.69, 9.17) is 4.98 Å². The first-order chi connectivity index (χ1) is 10.6. The molecule has 22 heavy (non-hydrogen) atoms. The fourth-order valence-electron chi connectivity index (χ4n) is 4.00. The van der Waals surface area contributed by atoms with Crippen molar-refractivity contribution in [2.45, 2.75) is 51.5 Å². The van der Waals surface area contributed by atoms with Gasteiger partial charge >= 0.3 is 0 Å². The number of likely N-dealkylation sites (tertiary alicyclic amines) is 1. The molecule has 3 heterocycles. The average Bonchev–Trinajstić information content (AvgIpc) is 2.87. The van der Waals surface area contributed by atoms with Crippen LogP contribution in [0.2, 0.25) is 0 Å². The van der Waals surface area contributed by atoms with Crippen LogP contribution >= 0.6 is 11.3 Å². The lowest BCUT2D eigenvalue weighted by atomic mass is 9.97. The Balaban J connectivity index is 1.87. The summed E-state index contributed by atoms with van der Waals surface area (Å²) in [6, 6.07) is 0.319. The molecule has 0 aromatic carbocycles. The number of aromatic nitrogens is 2. The van der Waals surface area contributed by atoms with Gasteiger partial charge in [0.15, 0.2) is 0 Å². The molecule has 0 unspecified atom stereocenters. The molecule has 118 valence electrons. The third kappa shape index (κ3) is 2.22. The summed E-state index contributed by atoms with van der Waals surface area (Å²) in [5.74, 6) is 0.894. The molecule has 0 N–H and O–H groups in total. The Kier molecular flexibility index (Phi) is 3.57. The van der Waals surface area contributed by atoms with E-state index in [1.165, 1.54) is 23.3 Å². The molecule has 1 fully saturated rings. The van der Waals surface area contributed by atoms with Gasteiger partial charge in [0.25, 0.3) is 5.56 Å². The fourth-order valence-corrected chi connectivity index (χ4v) is 5.30. The van der Waals surface area contributed by atoms with Crippen molar-refractivity contribution < 1.29 is 0 Å². The molecule has 0 saturated carbocycles. The summed E-state index contributed by atoms with van der Waals surface area (Å²) in [7, 11) is 2.16. The normalized spacial score (nSPS) is 20.5. The van der Waals surface area contributed by atoms with Crippen LogP contribution in [0.15, 0.2) is 4.79 Å². The molecule has 2 aromatic rings. The van der Waals surface area contributed by atoms with Crippen molar-refractivity contribution in [1.82, 2.24) is 14.5 Å². The van der Waals surface area contributed by atoms with Crippen molar-refractivity contribution in [1.29, 1.82) is 0 Å². The van der Waals surface area contributed by atoms with Crippen LogP contribution in [0.5, 0.6) is 0 Å². The monoisotopic (exact) mass is 317 g/mol. The van der Waals surface area contributed by atoms with Gasteiger partial charge in [-0.15, -0.1) is 11.3 Å². The first-order valence-electron chi connectivity index (χ1n) is 8.37. The molecule has 5 heteroatoms. The predicted molar refractivity (Wildman–Crippen MR) is 91.0 cm³/mol. The van der Waals surface area contributed by atoms with E-state index in [2.05, 4.69) is 11.9 Å². The van der Waals surface area contributed by atoms with Crippen LogP contribution in [0, 0.1) is 6.92 Å². The molecule has 1 saturated heterocycles. The molecule has 0 amide bonds. The minimum absolute atomic E-state index is 0.219. The number of rotatable bonds is 1. The standard InChI is InChI=1S/C17H23N3OS/c1-11-18-16-15(13-5-3-4-6-14(13)22-16)17(21)20(11)12-7-9-19(2)10-8-12/h12H,3-10H2,1-2H3. The van der Waals surface area contributed by atoms with E-state index in [0.717, 1.165) is 54.8 Å². The minimum Gasteiger partial charge on any atom is -0.306 e. The van der Waals surface area contributed by atoms with Crippen molar-refractivity contribution in [2.75, 3.05) is 20.1 Å². The topological polar surface area (TPSA) is 38.1 Å². The molecule has 4 rings (SSSR count). The summed E-state index contributed by atoms with van der Waals surface area (Å²) >= 11 is 1.75. The van der Waals surface area contributed by atoms with Gasteiger partial charge in [0.1, 0.15) is 10.7 Å². The fraction of sp³-hybridized carbons (Fsp3) is 0.647. The Labute approximate surface area is 134 Å². The Morgan fingerprint density at radius 2 is 1.91 bits per heavy atom. The number of hydrogen-bond acceptors (Lipinski definition) is 4. The van der Waals surface area contributed by atoms with E-state index in [9.17, 15) is 4.79 Å². The van der Waals surface area contributed by atoms with Crippen LogP contribution in [0.25, 0.3) is 10.2 Å². The Bertz CT molecular complexity index is 768. The first-order valence-corrected chi connectivity index (χ1v) is 9.18. The van der Waals surface area contributed by atoms with Crippen LogP contribution in [-0.4, -0.2) is 34.6 Å². The molecule has 0 radical (unpaired) electrons. The molecule has 0 atom stereocenters. The third-order valence-corrected chi connectivity index (χ3v) is 6.44. The average molecular weight is 317 g/mol. The quantitative estimate of drug-likeness (QED) is 0.812. The molecule has 2 aliphatic rings. The predicted octanol–water partition coefficient (Wildman–Crippen LogP) is 2.91. The number of piperidine rings is 1. The van der Waals surface area contributed by atoms with Crippen LogP contribution < -0.4 is 5.56 Å². The van der Waals surface area contributed by atoms with Gasteiger partial charge in [-0.2, -0.15) is 0 Å². The summed E-state index contributed by atoms with van der Waals surface area (Å²) in [4.78, 5) is 22.7. The molecule has 2 aromatic heterocycles. The van der Waals surface area contributed by atoms with Gasteiger partial charge in [-0.25, -0.2) is 4.98 Å². The lowest BCUT2D eigenvalue weighted by Gasteiger charge is -2.31. The number of fused-ring (bicyclic) bond motifs is 3. The molecule has 4 nitrogen and oxygen atoms in total. The van der Waals surface area contributed by atoms with Gasteiger partial charge in [-0.1, -0.05) is 0 Å². The maximum Gasteiger partial charge on any atom is 0.262 e. The number of nitrogens with zero attached hydrogens (tertiary/aromatic N) is 3. The molecular weight excluding hydrogens is 294 g/mol. The second-order valence-electron chi connectivity index (χ2n) is 6.76. The van der Waals surface area contributed by atoms with E-state index in [-0.39, 0.29) is 5.56 Å². The summed E-state index contributed by atoms with van der Waals surface area (Å²) < 4.78 is 2.00. The van der Waals surface area contributed by atoms with Crippen LogP contribution in [-0.2, 0) is 12.8 Å². The molecule has 1 aliphatic heterocycles. The maximum absolute atomic E-state index is 13.2. The van der Waals surface area contributed by atoms with Gasteiger partial charge in [0, 0.05) is 10.9 Å².